The minimum Gasteiger partial charge on any atom is -0.379 e. The summed E-state index contributed by atoms with van der Waals surface area (Å²) >= 11 is 0. The number of hydrogen-bond donors (Lipinski definition) is 3. The minimum atomic E-state index is -0.0130. The Labute approximate surface area is 163 Å². The van der Waals surface area contributed by atoms with Gasteiger partial charge >= 0.3 is 0 Å². The Morgan fingerprint density at radius 1 is 1.21 bits per heavy atom. The van der Waals surface area contributed by atoms with Gasteiger partial charge in [-0.15, -0.1) is 0 Å². The van der Waals surface area contributed by atoms with Crippen LogP contribution >= 0.6 is 0 Å². The highest BCUT2D eigenvalue weighted by molar-refractivity contribution is 6.00. The number of aromatic amines is 2. The third kappa shape index (κ3) is 3.21. The second kappa shape index (κ2) is 7.41. The fourth-order valence-electron chi connectivity index (χ4n) is 4.29. The first kappa shape index (κ1) is 17.5. The molecule has 7 nitrogen and oxygen atoms in total. The SMILES string of the molecule is O=C(NCCN1CCOCC1)c1ccc2[nH]c3c(c2c1)CCCc1cn[nH]c1-3. The molecule has 1 amide bonds. The molecule has 146 valence electrons. The number of amides is 1. The molecule has 1 saturated heterocycles. The van der Waals surface area contributed by atoms with Gasteiger partial charge in [0.15, 0.2) is 0 Å². The van der Waals surface area contributed by atoms with Gasteiger partial charge in [0.25, 0.3) is 5.91 Å². The Morgan fingerprint density at radius 2 is 2.11 bits per heavy atom. The van der Waals surface area contributed by atoms with Crippen molar-refractivity contribution >= 4 is 16.8 Å². The van der Waals surface area contributed by atoms with Crippen molar-refractivity contribution in [3.8, 4) is 11.4 Å². The topological polar surface area (TPSA) is 86.0 Å². The van der Waals surface area contributed by atoms with Crippen molar-refractivity contribution in [3.05, 3.63) is 41.1 Å². The highest BCUT2D eigenvalue weighted by Gasteiger charge is 2.21. The van der Waals surface area contributed by atoms with Crippen LogP contribution in [0.4, 0.5) is 0 Å². The summed E-state index contributed by atoms with van der Waals surface area (Å²) < 4.78 is 5.36. The molecule has 0 spiro atoms. The number of nitrogens with one attached hydrogen (secondary N) is 3. The first-order valence-corrected chi connectivity index (χ1v) is 10.0. The third-order valence-electron chi connectivity index (χ3n) is 5.83. The summed E-state index contributed by atoms with van der Waals surface area (Å²) in [5.41, 5.74) is 6.51. The van der Waals surface area contributed by atoms with Gasteiger partial charge in [0, 0.05) is 42.6 Å². The summed E-state index contributed by atoms with van der Waals surface area (Å²) in [6.07, 6.45) is 5.03. The first-order valence-electron chi connectivity index (χ1n) is 10.0. The van der Waals surface area contributed by atoms with Crippen molar-refractivity contribution in [2.24, 2.45) is 0 Å². The smallest absolute Gasteiger partial charge is 0.251 e. The van der Waals surface area contributed by atoms with Crippen LogP contribution in [0.3, 0.4) is 0 Å². The van der Waals surface area contributed by atoms with Crippen LogP contribution in [0.2, 0.25) is 0 Å². The predicted molar refractivity (Wildman–Crippen MR) is 107 cm³/mol. The zero-order valence-electron chi connectivity index (χ0n) is 15.9. The van der Waals surface area contributed by atoms with Crippen molar-refractivity contribution in [2.45, 2.75) is 19.3 Å². The minimum absolute atomic E-state index is 0.0130. The van der Waals surface area contributed by atoms with E-state index in [1.807, 2.05) is 24.4 Å². The van der Waals surface area contributed by atoms with Crippen molar-refractivity contribution in [3.63, 3.8) is 0 Å². The maximum atomic E-state index is 12.7. The summed E-state index contributed by atoms with van der Waals surface area (Å²) in [7, 11) is 0. The number of benzene rings is 1. The molecule has 0 atom stereocenters. The van der Waals surface area contributed by atoms with Gasteiger partial charge in [0.1, 0.15) is 0 Å². The Hall–Kier alpha value is -2.64. The third-order valence-corrected chi connectivity index (χ3v) is 5.83. The number of nitrogens with zero attached hydrogens (tertiary/aromatic N) is 2. The molecule has 1 aromatic carbocycles. The molecule has 28 heavy (non-hydrogen) atoms. The van der Waals surface area contributed by atoms with Gasteiger partial charge < -0.3 is 15.0 Å². The molecular formula is C21H25N5O2. The maximum absolute atomic E-state index is 12.7. The van der Waals surface area contributed by atoms with Crippen molar-refractivity contribution in [2.75, 3.05) is 39.4 Å². The average molecular weight is 379 g/mol. The zero-order valence-corrected chi connectivity index (χ0v) is 15.9. The van der Waals surface area contributed by atoms with E-state index in [2.05, 4.69) is 25.4 Å². The lowest BCUT2D eigenvalue weighted by Crippen LogP contribution is -2.41. The number of carbonyl (C=O) groups is 1. The number of morpholine rings is 1. The average Bonchev–Trinajstić information content (AvgIpc) is 3.29. The monoisotopic (exact) mass is 379 g/mol. The number of ether oxygens (including phenoxy) is 1. The zero-order chi connectivity index (χ0) is 18.9. The lowest BCUT2D eigenvalue weighted by atomic mass is 10.0. The van der Waals surface area contributed by atoms with Gasteiger partial charge in [-0.3, -0.25) is 14.8 Å². The van der Waals surface area contributed by atoms with Crippen molar-refractivity contribution < 1.29 is 9.53 Å². The fourth-order valence-corrected chi connectivity index (χ4v) is 4.29. The molecule has 0 unspecified atom stereocenters. The summed E-state index contributed by atoms with van der Waals surface area (Å²) in [6.45, 7) is 4.95. The Kier molecular flexibility index (Phi) is 4.62. The van der Waals surface area contributed by atoms with E-state index >= 15 is 0 Å². The van der Waals surface area contributed by atoms with E-state index in [9.17, 15) is 4.79 Å². The Bertz CT molecular complexity index is 1000. The van der Waals surface area contributed by atoms with E-state index in [0.29, 0.717) is 12.1 Å². The van der Waals surface area contributed by atoms with Gasteiger partial charge in [-0.25, -0.2) is 0 Å². The van der Waals surface area contributed by atoms with Gasteiger partial charge in [-0.2, -0.15) is 5.10 Å². The summed E-state index contributed by atoms with van der Waals surface area (Å²) in [5, 5.41) is 11.5. The lowest BCUT2D eigenvalue weighted by Gasteiger charge is -2.26. The standard InChI is InChI=1S/C21H25N5O2/c27-21(22-6-7-26-8-10-28-11-9-26)14-4-5-18-17(12-14)16-3-1-2-15-13-23-25-19(15)20(16)24-18/h4-5,12-13,24H,1-3,6-11H2,(H,22,27)(H,23,25). The number of aryl methyl sites for hydroxylation is 2. The molecule has 0 saturated carbocycles. The van der Waals surface area contributed by atoms with Gasteiger partial charge in [-0.1, -0.05) is 0 Å². The molecule has 1 fully saturated rings. The molecule has 0 bridgehead atoms. The number of H-pyrrole nitrogens is 2. The molecule has 0 radical (unpaired) electrons. The lowest BCUT2D eigenvalue weighted by molar-refractivity contribution is 0.0383. The molecule has 5 rings (SSSR count). The number of fused-ring (bicyclic) bond motifs is 5. The van der Waals surface area contributed by atoms with Crippen LogP contribution in [0.1, 0.15) is 27.9 Å². The summed E-state index contributed by atoms with van der Waals surface area (Å²) in [4.78, 5) is 18.5. The summed E-state index contributed by atoms with van der Waals surface area (Å²) in [6, 6.07) is 5.93. The van der Waals surface area contributed by atoms with Crippen LogP contribution in [-0.2, 0) is 17.6 Å². The van der Waals surface area contributed by atoms with Gasteiger partial charge in [-0.05, 0) is 48.6 Å². The molecule has 7 heteroatoms. The number of carbonyl (C=O) groups excluding carboxylic acids is 1. The quantitative estimate of drug-likeness (QED) is 0.648. The predicted octanol–water partition coefficient (Wildman–Crippen LogP) is 2.11. The second-order valence-electron chi connectivity index (χ2n) is 7.57. The number of aromatic nitrogens is 3. The second-order valence-corrected chi connectivity index (χ2v) is 7.57. The highest BCUT2D eigenvalue weighted by atomic mass is 16.5. The number of rotatable bonds is 4. The van der Waals surface area contributed by atoms with Crippen LogP contribution in [0, 0.1) is 0 Å². The summed E-state index contributed by atoms with van der Waals surface area (Å²) in [5.74, 6) is -0.0130. The molecule has 2 aromatic heterocycles. The van der Waals surface area contributed by atoms with Crippen LogP contribution < -0.4 is 5.32 Å². The van der Waals surface area contributed by atoms with E-state index in [1.54, 1.807) is 0 Å². The van der Waals surface area contributed by atoms with Crippen LogP contribution in [0.25, 0.3) is 22.3 Å². The van der Waals surface area contributed by atoms with Gasteiger partial charge in [0.05, 0.1) is 30.8 Å². The molecule has 2 aliphatic rings. The van der Waals surface area contributed by atoms with E-state index in [-0.39, 0.29) is 5.91 Å². The molecule has 3 N–H and O–H groups in total. The van der Waals surface area contributed by atoms with Crippen LogP contribution in [0.15, 0.2) is 24.4 Å². The van der Waals surface area contributed by atoms with E-state index in [0.717, 1.165) is 74.4 Å². The van der Waals surface area contributed by atoms with E-state index in [1.165, 1.54) is 11.1 Å². The molecule has 1 aliphatic heterocycles. The molecular weight excluding hydrogens is 354 g/mol. The van der Waals surface area contributed by atoms with Crippen LogP contribution in [-0.4, -0.2) is 65.4 Å². The van der Waals surface area contributed by atoms with E-state index < -0.39 is 0 Å². The first-order chi connectivity index (χ1) is 13.8. The van der Waals surface area contributed by atoms with Gasteiger partial charge in [0.2, 0.25) is 0 Å². The Morgan fingerprint density at radius 3 is 3.00 bits per heavy atom. The van der Waals surface area contributed by atoms with E-state index in [4.69, 9.17) is 4.74 Å². The molecule has 3 aromatic rings. The van der Waals surface area contributed by atoms with Crippen molar-refractivity contribution in [1.82, 2.24) is 25.4 Å². The molecule has 3 heterocycles. The Balaban J connectivity index is 1.35. The normalized spacial score (nSPS) is 17.1. The maximum Gasteiger partial charge on any atom is 0.251 e. The number of hydrogen-bond acceptors (Lipinski definition) is 4. The molecule has 1 aliphatic carbocycles. The fraction of sp³-hybridized carbons (Fsp3) is 0.429. The highest BCUT2D eigenvalue weighted by Crippen LogP contribution is 2.35. The largest absolute Gasteiger partial charge is 0.379 e. The van der Waals surface area contributed by atoms with Crippen molar-refractivity contribution in [1.29, 1.82) is 0 Å². The van der Waals surface area contributed by atoms with Crippen LogP contribution in [0.5, 0.6) is 0 Å².